The van der Waals surface area contributed by atoms with Crippen molar-refractivity contribution in [1.29, 1.82) is 0 Å². The highest BCUT2D eigenvalue weighted by molar-refractivity contribution is 5.84. The second kappa shape index (κ2) is 8.89. The predicted molar refractivity (Wildman–Crippen MR) is 124 cm³/mol. The Morgan fingerprint density at radius 3 is 2.15 bits per heavy atom. The Bertz CT molecular complexity index is 1030. The number of ether oxygens (including phenoxy) is 1. The average Bonchev–Trinajstić information content (AvgIpc) is 3.60. The van der Waals surface area contributed by atoms with Gasteiger partial charge in [0.2, 0.25) is 5.91 Å². The van der Waals surface area contributed by atoms with Crippen LogP contribution >= 0.6 is 0 Å². The van der Waals surface area contributed by atoms with Crippen molar-refractivity contribution < 1.29 is 24.2 Å². The Hall–Kier alpha value is -3.35. The number of carbonyl (C=O) groups is 3. The van der Waals surface area contributed by atoms with Crippen LogP contribution < -0.4 is 5.32 Å². The fraction of sp³-hybridized carbons (Fsp3) is 0.423. The summed E-state index contributed by atoms with van der Waals surface area (Å²) in [4.78, 5) is 38.0. The number of carboxylic acids is 1. The summed E-state index contributed by atoms with van der Waals surface area (Å²) >= 11 is 0. The van der Waals surface area contributed by atoms with Crippen molar-refractivity contribution in [2.45, 2.75) is 50.6 Å². The molecule has 0 saturated heterocycles. The molecule has 174 valence electrons. The summed E-state index contributed by atoms with van der Waals surface area (Å²) in [6.45, 7) is 3.50. The van der Waals surface area contributed by atoms with Crippen molar-refractivity contribution in [3.8, 4) is 11.1 Å². The van der Waals surface area contributed by atoms with Gasteiger partial charge in [0.15, 0.2) is 0 Å². The van der Waals surface area contributed by atoms with Crippen molar-refractivity contribution >= 4 is 18.0 Å². The van der Waals surface area contributed by atoms with Crippen LogP contribution in [0.15, 0.2) is 48.5 Å². The van der Waals surface area contributed by atoms with Gasteiger partial charge < -0.3 is 20.1 Å². The topological polar surface area (TPSA) is 95.9 Å². The van der Waals surface area contributed by atoms with Crippen LogP contribution in [-0.2, 0) is 14.3 Å². The molecule has 0 aromatic heterocycles. The first kappa shape index (κ1) is 22.8. The number of nitrogens with one attached hydrogen (secondary N) is 1. The number of likely N-dealkylation sites (N-methyl/N-ethyl adjacent to an activating group) is 1. The quantitative estimate of drug-likeness (QED) is 0.633. The molecule has 7 heteroatoms. The van der Waals surface area contributed by atoms with Gasteiger partial charge in [-0.1, -0.05) is 48.5 Å². The van der Waals surface area contributed by atoms with E-state index in [1.165, 1.54) is 18.9 Å². The van der Waals surface area contributed by atoms with E-state index in [1.807, 2.05) is 31.2 Å². The van der Waals surface area contributed by atoms with Gasteiger partial charge in [-0.15, -0.1) is 0 Å². The number of aliphatic carboxylic acids is 1. The van der Waals surface area contributed by atoms with Crippen LogP contribution in [0.4, 0.5) is 4.79 Å². The third kappa shape index (κ3) is 4.58. The number of nitrogens with zero attached hydrogens (tertiary/aromatic N) is 1. The molecule has 2 N–H and O–H groups in total. The first-order valence-corrected chi connectivity index (χ1v) is 11.3. The number of alkyl carbamates (subject to hydrolysis) is 1. The average molecular weight is 451 g/mol. The van der Waals surface area contributed by atoms with Crippen molar-refractivity contribution in [2.75, 3.05) is 13.7 Å². The van der Waals surface area contributed by atoms with Crippen LogP contribution in [0.5, 0.6) is 0 Å². The maximum Gasteiger partial charge on any atom is 0.407 e. The van der Waals surface area contributed by atoms with Crippen LogP contribution in [0, 0.1) is 5.92 Å². The van der Waals surface area contributed by atoms with Crippen LogP contribution in [0.2, 0.25) is 0 Å². The van der Waals surface area contributed by atoms with Gasteiger partial charge >= 0.3 is 12.1 Å². The molecule has 0 spiro atoms. The predicted octanol–water partition coefficient (Wildman–Crippen LogP) is 4.02. The minimum Gasteiger partial charge on any atom is -0.480 e. The monoisotopic (exact) mass is 450 g/mol. The zero-order valence-electron chi connectivity index (χ0n) is 19.2. The minimum atomic E-state index is -1.07. The van der Waals surface area contributed by atoms with Gasteiger partial charge in [-0.3, -0.25) is 4.79 Å². The van der Waals surface area contributed by atoms with Gasteiger partial charge in [0, 0.05) is 13.0 Å². The summed E-state index contributed by atoms with van der Waals surface area (Å²) < 4.78 is 5.67. The van der Waals surface area contributed by atoms with Crippen LogP contribution in [0.1, 0.15) is 50.2 Å². The Balaban J connectivity index is 1.42. The second-order valence-corrected chi connectivity index (χ2v) is 9.34. The summed E-state index contributed by atoms with van der Waals surface area (Å²) in [6.07, 6.45) is 1.28. The first-order chi connectivity index (χ1) is 15.7. The molecule has 1 fully saturated rings. The summed E-state index contributed by atoms with van der Waals surface area (Å²) in [5, 5.41) is 12.1. The molecule has 0 aliphatic heterocycles. The minimum absolute atomic E-state index is 0.0238. The number of benzene rings is 2. The molecule has 0 heterocycles. The number of carboxylic acid groups (broad SMARTS) is 1. The molecular weight excluding hydrogens is 420 g/mol. The summed E-state index contributed by atoms with van der Waals surface area (Å²) in [7, 11) is 1.47. The number of rotatable bonds is 8. The molecule has 33 heavy (non-hydrogen) atoms. The van der Waals surface area contributed by atoms with Gasteiger partial charge in [0.05, 0.1) is 12.0 Å². The third-order valence-electron chi connectivity index (χ3n) is 7.06. The van der Waals surface area contributed by atoms with Gasteiger partial charge in [-0.2, -0.15) is 0 Å². The van der Waals surface area contributed by atoms with E-state index in [4.69, 9.17) is 4.74 Å². The Labute approximate surface area is 193 Å². The lowest BCUT2D eigenvalue weighted by atomic mass is 9.91. The molecule has 2 amide bonds. The van der Waals surface area contributed by atoms with Gasteiger partial charge in [-0.25, -0.2) is 9.59 Å². The van der Waals surface area contributed by atoms with Crippen LogP contribution in [0.25, 0.3) is 11.1 Å². The van der Waals surface area contributed by atoms with Crippen molar-refractivity contribution in [2.24, 2.45) is 5.92 Å². The number of fused-ring (bicyclic) bond motifs is 3. The summed E-state index contributed by atoms with van der Waals surface area (Å²) in [5.74, 6) is -1.27. The molecule has 1 saturated carbocycles. The number of carbonyl (C=O) groups excluding carboxylic acids is 2. The zero-order chi connectivity index (χ0) is 23.8. The highest BCUT2D eigenvalue weighted by atomic mass is 16.5. The molecule has 4 rings (SSSR count). The smallest absolute Gasteiger partial charge is 0.407 e. The fourth-order valence-electron chi connectivity index (χ4n) is 4.70. The normalized spacial score (nSPS) is 17.3. The molecule has 0 bridgehead atoms. The fourth-order valence-corrected chi connectivity index (χ4v) is 4.70. The van der Waals surface area contributed by atoms with Gasteiger partial charge in [0.25, 0.3) is 0 Å². The van der Waals surface area contributed by atoms with Crippen molar-refractivity contribution in [1.82, 2.24) is 10.2 Å². The maximum absolute atomic E-state index is 12.8. The lowest BCUT2D eigenvalue weighted by Crippen LogP contribution is -2.52. The Kier molecular flexibility index (Phi) is 6.15. The SMILES string of the molecule is C[C@@H](C(=O)O)N(C)C(=O)CC(C)(NC(=O)OCC1c2ccccc2-c2ccccc21)C1CC1. The van der Waals surface area contributed by atoms with E-state index in [1.54, 1.807) is 0 Å². The highest BCUT2D eigenvalue weighted by Crippen LogP contribution is 2.45. The number of hydrogen-bond acceptors (Lipinski definition) is 4. The summed E-state index contributed by atoms with van der Waals surface area (Å²) in [6, 6.07) is 15.3. The maximum atomic E-state index is 12.8. The molecular formula is C26H30N2O5. The van der Waals surface area contributed by atoms with Crippen molar-refractivity contribution in [3.05, 3.63) is 59.7 Å². The Morgan fingerprint density at radius 2 is 1.64 bits per heavy atom. The van der Waals surface area contributed by atoms with E-state index < -0.39 is 23.6 Å². The van der Waals surface area contributed by atoms with E-state index in [-0.39, 0.29) is 30.8 Å². The summed E-state index contributed by atoms with van der Waals surface area (Å²) in [5.41, 5.74) is 3.80. The number of hydrogen-bond donors (Lipinski definition) is 2. The Morgan fingerprint density at radius 1 is 1.09 bits per heavy atom. The van der Waals surface area contributed by atoms with Crippen LogP contribution in [0.3, 0.4) is 0 Å². The molecule has 0 radical (unpaired) electrons. The van der Waals surface area contributed by atoms with Crippen LogP contribution in [-0.4, -0.2) is 53.2 Å². The van der Waals surface area contributed by atoms with E-state index in [0.29, 0.717) is 0 Å². The van der Waals surface area contributed by atoms with Crippen molar-refractivity contribution in [3.63, 3.8) is 0 Å². The molecule has 2 aliphatic rings. The number of amides is 2. The standard InChI is InChI=1S/C26H30N2O5/c1-16(24(30)31)28(3)23(29)14-26(2,17-12-13-17)27-25(32)33-15-22-20-10-6-4-8-18(20)19-9-5-7-11-21(19)22/h4-11,16-17,22H,12-15H2,1-3H3,(H,27,32)(H,30,31)/t16-,26?/m0/s1. The van der Waals surface area contributed by atoms with E-state index in [0.717, 1.165) is 35.1 Å². The molecule has 2 aromatic carbocycles. The van der Waals surface area contributed by atoms with E-state index in [9.17, 15) is 19.5 Å². The zero-order valence-corrected chi connectivity index (χ0v) is 19.2. The largest absolute Gasteiger partial charge is 0.480 e. The molecule has 2 aromatic rings. The molecule has 2 atom stereocenters. The third-order valence-corrected chi connectivity index (χ3v) is 7.06. The molecule has 2 aliphatic carbocycles. The van der Waals surface area contributed by atoms with Gasteiger partial charge in [-0.05, 0) is 54.9 Å². The van der Waals surface area contributed by atoms with E-state index in [2.05, 4.69) is 29.6 Å². The molecule has 1 unspecified atom stereocenters. The van der Waals surface area contributed by atoms with E-state index >= 15 is 0 Å². The lowest BCUT2D eigenvalue weighted by Gasteiger charge is -2.33. The lowest BCUT2D eigenvalue weighted by molar-refractivity contribution is -0.148. The second-order valence-electron chi connectivity index (χ2n) is 9.34. The van der Waals surface area contributed by atoms with Gasteiger partial charge in [0.1, 0.15) is 12.6 Å². The highest BCUT2D eigenvalue weighted by Gasteiger charge is 2.45. The molecule has 7 nitrogen and oxygen atoms in total. The first-order valence-electron chi connectivity index (χ1n) is 11.3.